The van der Waals surface area contributed by atoms with Crippen molar-refractivity contribution in [3.63, 3.8) is 0 Å². The highest BCUT2D eigenvalue weighted by molar-refractivity contribution is 5.84. The Hall–Kier alpha value is -1.26. The smallest absolute Gasteiger partial charge is 0.312 e. The van der Waals surface area contributed by atoms with Crippen molar-refractivity contribution in [2.45, 2.75) is 160 Å². The van der Waals surface area contributed by atoms with Crippen molar-refractivity contribution in [1.29, 1.82) is 0 Å². The van der Waals surface area contributed by atoms with Crippen LogP contribution in [0, 0.1) is 17.8 Å². The molecule has 3 heterocycles. The van der Waals surface area contributed by atoms with Gasteiger partial charge in [-0.05, 0) is 88.4 Å². The lowest BCUT2D eigenvalue weighted by atomic mass is 9.77. The van der Waals surface area contributed by atoms with Crippen LogP contribution in [-0.4, -0.2) is 150 Å². The molecule has 0 aliphatic carbocycles. The largest absolute Gasteiger partial charge is 0.452 e. The Morgan fingerprint density at radius 2 is 1.65 bits per heavy atom. The molecule has 280 valence electrons. The van der Waals surface area contributed by atoms with E-state index in [-0.39, 0.29) is 30.3 Å². The highest BCUT2D eigenvalue weighted by atomic mass is 16.7. The van der Waals surface area contributed by atoms with Gasteiger partial charge in [-0.1, -0.05) is 13.8 Å². The minimum absolute atomic E-state index is 0.0799. The standard InChI is InChI=1S/C35H64N2O11/c1-18-15-34(8,42)31(48-33-27(39)25(36(10)11)14-19(2)44-33)20(3)28(46-26-16-35(9,43-13)30(40)24(7)45-26)21(4)32(41)47-29(23(6)38)22(5)37(12)17-18/h18-22,24-31,33,39-40,42H,14-17H2,1-13H3/t18-,19-,20+,21-,22+,24+,25+,26+,27-,28+,29+,30+,31-,33+,34+,35-/m1/s1. The van der Waals surface area contributed by atoms with Crippen LogP contribution in [0.15, 0.2) is 0 Å². The summed E-state index contributed by atoms with van der Waals surface area (Å²) in [5, 5.41) is 34.6. The van der Waals surface area contributed by atoms with E-state index < -0.39 is 84.3 Å². The molecular weight excluding hydrogens is 624 g/mol. The average Bonchev–Trinajstić information content (AvgIpc) is 2.99. The first kappa shape index (κ1) is 41.2. The predicted octanol–water partition coefficient (Wildman–Crippen LogP) is 1.97. The molecule has 0 amide bonds. The molecule has 0 aromatic carbocycles. The normalized spacial score (nSPS) is 47.5. The van der Waals surface area contributed by atoms with E-state index in [0.717, 1.165) is 0 Å². The average molecular weight is 689 g/mol. The number of Topliss-reactive ketones (excluding diaryl/α,β-unsaturated/α-hetero) is 1. The van der Waals surface area contributed by atoms with Gasteiger partial charge in [-0.2, -0.15) is 0 Å². The number of aliphatic hydroxyl groups is 3. The molecule has 0 unspecified atom stereocenters. The van der Waals surface area contributed by atoms with Crippen LogP contribution in [0.5, 0.6) is 0 Å². The van der Waals surface area contributed by atoms with Crippen molar-refractivity contribution in [1.82, 2.24) is 9.80 Å². The van der Waals surface area contributed by atoms with E-state index in [1.807, 2.05) is 58.6 Å². The second kappa shape index (κ2) is 16.4. The van der Waals surface area contributed by atoms with E-state index in [4.69, 9.17) is 28.4 Å². The van der Waals surface area contributed by atoms with Crippen LogP contribution in [0.1, 0.15) is 81.6 Å². The third-order valence-electron chi connectivity index (χ3n) is 11.0. The number of rotatable bonds is 7. The zero-order chi connectivity index (χ0) is 36.5. The molecule has 0 radical (unpaired) electrons. The number of ketones is 1. The molecule has 16 atom stereocenters. The van der Waals surface area contributed by atoms with Crippen molar-refractivity contribution in [2.75, 3.05) is 34.8 Å². The van der Waals surface area contributed by atoms with Crippen LogP contribution in [0.4, 0.5) is 0 Å². The summed E-state index contributed by atoms with van der Waals surface area (Å²) in [7, 11) is 7.16. The summed E-state index contributed by atoms with van der Waals surface area (Å²) in [6.07, 6.45) is -6.73. The van der Waals surface area contributed by atoms with Gasteiger partial charge in [0, 0.05) is 32.0 Å². The minimum atomic E-state index is -1.49. The monoisotopic (exact) mass is 688 g/mol. The first-order chi connectivity index (χ1) is 22.1. The number of ether oxygens (including phenoxy) is 6. The molecule has 0 aromatic heterocycles. The lowest BCUT2D eigenvalue weighted by Gasteiger charge is -2.48. The van der Waals surface area contributed by atoms with E-state index in [0.29, 0.717) is 19.4 Å². The lowest BCUT2D eigenvalue weighted by Crippen LogP contribution is -2.60. The number of hydrogen-bond donors (Lipinski definition) is 3. The molecule has 13 heteroatoms. The molecular formula is C35H64N2O11. The summed E-state index contributed by atoms with van der Waals surface area (Å²) in [6, 6.07) is -0.681. The molecule has 3 saturated heterocycles. The summed E-state index contributed by atoms with van der Waals surface area (Å²) in [4.78, 5) is 30.7. The fraction of sp³-hybridized carbons (Fsp3) is 0.943. The number of likely N-dealkylation sites (N-methyl/N-ethyl adjacent to an activating group) is 2. The number of esters is 1. The molecule has 0 spiro atoms. The van der Waals surface area contributed by atoms with Gasteiger partial charge in [-0.25, -0.2) is 0 Å². The fourth-order valence-corrected chi connectivity index (χ4v) is 7.94. The summed E-state index contributed by atoms with van der Waals surface area (Å²) < 4.78 is 37.2. The molecule has 0 saturated carbocycles. The Balaban J connectivity index is 2.12. The number of carbonyl (C=O) groups is 2. The van der Waals surface area contributed by atoms with Gasteiger partial charge in [0.2, 0.25) is 0 Å². The van der Waals surface area contributed by atoms with E-state index in [2.05, 4.69) is 0 Å². The van der Waals surface area contributed by atoms with Gasteiger partial charge >= 0.3 is 5.97 Å². The van der Waals surface area contributed by atoms with Gasteiger partial charge in [-0.15, -0.1) is 0 Å². The summed E-state index contributed by atoms with van der Waals surface area (Å²) in [5.74, 6) is -2.66. The second-order valence-electron chi connectivity index (χ2n) is 15.6. The van der Waals surface area contributed by atoms with Crippen LogP contribution >= 0.6 is 0 Å². The van der Waals surface area contributed by atoms with E-state index in [9.17, 15) is 24.9 Å². The third kappa shape index (κ3) is 9.34. The molecule has 0 bridgehead atoms. The Kier molecular flexibility index (Phi) is 14.1. The van der Waals surface area contributed by atoms with Crippen molar-refractivity contribution in [3.05, 3.63) is 0 Å². The summed E-state index contributed by atoms with van der Waals surface area (Å²) >= 11 is 0. The van der Waals surface area contributed by atoms with Crippen molar-refractivity contribution in [3.8, 4) is 0 Å². The Morgan fingerprint density at radius 3 is 2.21 bits per heavy atom. The maximum atomic E-state index is 14.0. The molecule has 3 fully saturated rings. The van der Waals surface area contributed by atoms with Gasteiger partial charge in [0.25, 0.3) is 0 Å². The summed E-state index contributed by atoms with van der Waals surface area (Å²) in [6.45, 7) is 16.4. The van der Waals surface area contributed by atoms with Crippen LogP contribution in [0.3, 0.4) is 0 Å². The summed E-state index contributed by atoms with van der Waals surface area (Å²) in [5.41, 5.74) is -2.48. The van der Waals surface area contributed by atoms with Crippen molar-refractivity contribution in [2.24, 2.45) is 17.8 Å². The number of nitrogens with zero attached hydrogens (tertiary/aromatic N) is 2. The van der Waals surface area contributed by atoms with Crippen LogP contribution in [-0.2, 0) is 38.0 Å². The zero-order valence-electron chi connectivity index (χ0n) is 31.4. The van der Waals surface area contributed by atoms with Crippen LogP contribution in [0.2, 0.25) is 0 Å². The zero-order valence-corrected chi connectivity index (χ0v) is 31.4. The Bertz CT molecular complexity index is 1080. The van der Waals surface area contributed by atoms with E-state index in [1.165, 1.54) is 14.0 Å². The highest BCUT2D eigenvalue weighted by Gasteiger charge is 2.51. The fourth-order valence-electron chi connectivity index (χ4n) is 7.94. The first-order valence-corrected chi connectivity index (χ1v) is 17.5. The minimum Gasteiger partial charge on any atom is -0.452 e. The van der Waals surface area contributed by atoms with Crippen LogP contribution < -0.4 is 0 Å². The number of methoxy groups -OCH3 is 1. The molecule has 3 N–H and O–H groups in total. The maximum Gasteiger partial charge on any atom is 0.312 e. The number of aliphatic hydroxyl groups excluding tert-OH is 2. The first-order valence-electron chi connectivity index (χ1n) is 17.5. The Labute approximate surface area is 287 Å². The molecule has 48 heavy (non-hydrogen) atoms. The van der Waals surface area contributed by atoms with E-state index >= 15 is 0 Å². The molecule has 3 rings (SSSR count). The van der Waals surface area contributed by atoms with E-state index in [1.54, 1.807) is 27.7 Å². The van der Waals surface area contributed by atoms with Crippen molar-refractivity contribution >= 4 is 11.8 Å². The van der Waals surface area contributed by atoms with Gasteiger partial charge in [0.1, 0.15) is 12.2 Å². The predicted molar refractivity (Wildman–Crippen MR) is 178 cm³/mol. The molecule has 3 aliphatic rings. The van der Waals surface area contributed by atoms with Crippen molar-refractivity contribution < 1.29 is 53.3 Å². The molecule has 0 aromatic rings. The molecule has 13 nitrogen and oxygen atoms in total. The Morgan fingerprint density at radius 1 is 1.02 bits per heavy atom. The lowest BCUT2D eigenvalue weighted by molar-refractivity contribution is -0.317. The van der Waals surface area contributed by atoms with Gasteiger partial charge < -0.3 is 48.6 Å². The van der Waals surface area contributed by atoms with Gasteiger partial charge in [-0.3, -0.25) is 14.5 Å². The maximum absolute atomic E-state index is 14.0. The third-order valence-corrected chi connectivity index (χ3v) is 11.0. The second-order valence-corrected chi connectivity index (χ2v) is 15.6. The number of carbonyl (C=O) groups excluding carboxylic acids is 2. The highest BCUT2D eigenvalue weighted by Crippen LogP contribution is 2.39. The molecule has 3 aliphatic heterocycles. The van der Waals surface area contributed by atoms with Gasteiger partial charge in [0.15, 0.2) is 24.5 Å². The topological polar surface area (TPSA) is 157 Å². The SMILES string of the molecule is CO[C@]1(C)C[C@H](O[C@H]2[C@H](C)[C@@H](O[C@@H]3O[C@H](C)C[C@H](N(C)C)[C@H]3O)[C@@](C)(O)C[C@@H](C)CN(C)[C@@H](C)[C@@H](C(C)=O)OC(=O)[C@@H]2C)O[C@@H](C)[C@@H]1O. The van der Waals surface area contributed by atoms with Gasteiger partial charge in [0.05, 0.1) is 47.6 Å². The number of hydrogen-bond acceptors (Lipinski definition) is 13. The number of cyclic esters (lactones) is 1. The quantitative estimate of drug-likeness (QED) is 0.334. The van der Waals surface area contributed by atoms with Crippen LogP contribution in [0.25, 0.3) is 0 Å².